The van der Waals surface area contributed by atoms with E-state index in [0.29, 0.717) is 15.9 Å². The van der Waals surface area contributed by atoms with Gasteiger partial charge in [0.25, 0.3) is 0 Å². The lowest BCUT2D eigenvalue weighted by molar-refractivity contribution is -0.121. The molecule has 0 spiro atoms. The molecule has 1 aliphatic heterocycles. The van der Waals surface area contributed by atoms with Gasteiger partial charge >= 0.3 is 0 Å². The van der Waals surface area contributed by atoms with Gasteiger partial charge in [0.1, 0.15) is 5.25 Å². The standard InChI is InChI=1S/C23H18ClN3O2S/c24-16-8-7-11-18(14-16)25-21(28)15-20-22(29)27(19-12-5-2-6-13-19)23(30-20)26-17-9-3-1-4-10-17/h1-14,20H,15H2,(H,25,28)/t20-/m0/s1. The SMILES string of the molecule is O=C(C[C@@H]1SC(=Nc2ccccc2)N(c2ccccc2)C1=O)Nc1cccc(Cl)c1. The van der Waals surface area contributed by atoms with Gasteiger partial charge in [-0.05, 0) is 42.5 Å². The van der Waals surface area contributed by atoms with Crippen molar-refractivity contribution in [2.75, 3.05) is 10.2 Å². The zero-order valence-electron chi connectivity index (χ0n) is 15.9. The lowest BCUT2D eigenvalue weighted by Crippen LogP contribution is -2.33. The molecule has 0 aromatic heterocycles. The average molecular weight is 436 g/mol. The van der Waals surface area contributed by atoms with Crippen LogP contribution in [0.4, 0.5) is 17.1 Å². The maximum atomic E-state index is 13.2. The van der Waals surface area contributed by atoms with Crippen LogP contribution in [-0.4, -0.2) is 22.2 Å². The molecule has 4 rings (SSSR count). The fraction of sp³-hybridized carbons (Fsp3) is 0.0870. The number of para-hydroxylation sites is 2. The van der Waals surface area contributed by atoms with Gasteiger partial charge in [-0.1, -0.05) is 65.8 Å². The number of halogens is 1. The Labute approximate surface area is 183 Å². The summed E-state index contributed by atoms with van der Waals surface area (Å²) >= 11 is 7.27. The van der Waals surface area contributed by atoms with Crippen LogP contribution in [0.2, 0.25) is 5.02 Å². The summed E-state index contributed by atoms with van der Waals surface area (Å²) in [5.74, 6) is -0.417. The number of aliphatic imine (C=N–C) groups is 1. The molecule has 150 valence electrons. The fourth-order valence-corrected chi connectivity index (χ4v) is 4.39. The van der Waals surface area contributed by atoms with Crippen molar-refractivity contribution in [3.05, 3.63) is 90.0 Å². The Morgan fingerprint density at radius 3 is 2.40 bits per heavy atom. The highest BCUT2D eigenvalue weighted by Gasteiger charge is 2.40. The molecule has 1 fully saturated rings. The number of benzene rings is 3. The predicted octanol–water partition coefficient (Wildman–Crippen LogP) is 5.50. The van der Waals surface area contributed by atoms with E-state index in [0.717, 1.165) is 11.4 Å². The van der Waals surface area contributed by atoms with Crippen molar-refractivity contribution < 1.29 is 9.59 Å². The number of amidine groups is 1. The molecule has 5 nitrogen and oxygen atoms in total. The highest BCUT2D eigenvalue weighted by atomic mass is 35.5. The molecule has 0 saturated carbocycles. The third-order valence-electron chi connectivity index (χ3n) is 4.41. The number of carbonyl (C=O) groups is 2. The molecule has 1 N–H and O–H groups in total. The molecule has 1 heterocycles. The lowest BCUT2D eigenvalue weighted by Gasteiger charge is -2.16. The minimum absolute atomic E-state index is 0.0349. The van der Waals surface area contributed by atoms with Crippen LogP contribution < -0.4 is 10.2 Å². The number of anilines is 2. The van der Waals surface area contributed by atoms with Crippen LogP contribution in [0.1, 0.15) is 6.42 Å². The Morgan fingerprint density at radius 2 is 1.70 bits per heavy atom. The first-order valence-electron chi connectivity index (χ1n) is 9.35. The van der Waals surface area contributed by atoms with Crippen LogP contribution in [0.25, 0.3) is 0 Å². The van der Waals surface area contributed by atoms with Gasteiger partial charge in [-0.2, -0.15) is 0 Å². The number of rotatable bonds is 5. The topological polar surface area (TPSA) is 61.8 Å². The van der Waals surface area contributed by atoms with E-state index in [1.807, 2.05) is 60.7 Å². The molecule has 0 bridgehead atoms. The summed E-state index contributed by atoms with van der Waals surface area (Å²) in [6.45, 7) is 0. The molecule has 30 heavy (non-hydrogen) atoms. The van der Waals surface area contributed by atoms with Crippen LogP contribution in [0.15, 0.2) is 89.9 Å². The molecule has 1 saturated heterocycles. The first-order valence-corrected chi connectivity index (χ1v) is 10.6. The molecule has 3 aromatic carbocycles. The van der Waals surface area contributed by atoms with Gasteiger partial charge in [0, 0.05) is 17.1 Å². The van der Waals surface area contributed by atoms with Gasteiger partial charge < -0.3 is 5.32 Å². The van der Waals surface area contributed by atoms with Crippen LogP contribution in [-0.2, 0) is 9.59 Å². The zero-order chi connectivity index (χ0) is 20.9. The summed E-state index contributed by atoms with van der Waals surface area (Å²) in [6, 6.07) is 25.7. The van der Waals surface area contributed by atoms with Crippen molar-refractivity contribution in [3.63, 3.8) is 0 Å². The molecule has 1 aliphatic rings. The van der Waals surface area contributed by atoms with Gasteiger partial charge in [-0.3, -0.25) is 14.5 Å². The number of amides is 2. The Hall–Kier alpha value is -3.09. The Kier molecular flexibility index (Phi) is 6.16. The van der Waals surface area contributed by atoms with E-state index in [1.54, 1.807) is 29.2 Å². The van der Waals surface area contributed by atoms with E-state index in [-0.39, 0.29) is 18.2 Å². The highest BCUT2D eigenvalue weighted by molar-refractivity contribution is 8.16. The first-order chi connectivity index (χ1) is 14.6. The third kappa shape index (κ3) is 4.72. The second kappa shape index (κ2) is 9.15. The van der Waals surface area contributed by atoms with E-state index in [4.69, 9.17) is 11.6 Å². The number of nitrogens with zero attached hydrogens (tertiary/aromatic N) is 2. The number of hydrogen-bond acceptors (Lipinski definition) is 4. The number of hydrogen-bond donors (Lipinski definition) is 1. The van der Waals surface area contributed by atoms with E-state index < -0.39 is 5.25 Å². The highest BCUT2D eigenvalue weighted by Crippen LogP contribution is 2.35. The minimum Gasteiger partial charge on any atom is -0.326 e. The van der Waals surface area contributed by atoms with Gasteiger partial charge in [-0.15, -0.1) is 0 Å². The summed E-state index contributed by atoms with van der Waals surface area (Å²) < 4.78 is 0. The Balaban J connectivity index is 1.56. The summed E-state index contributed by atoms with van der Waals surface area (Å²) in [6.07, 6.45) is 0.0349. The van der Waals surface area contributed by atoms with Crippen LogP contribution in [0, 0.1) is 0 Å². The monoisotopic (exact) mass is 435 g/mol. The normalized spacial score (nSPS) is 17.4. The first kappa shape index (κ1) is 20.2. The minimum atomic E-state index is -0.563. The number of carbonyl (C=O) groups excluding carboxylic acids is 2. The summed E-state index contributed by atoms with van der Waals surface area (Å²) in [5, 5.41) is 3.33. The van der Waals surface area contributed by atoms with Gasteiger partial charge in [-0.25, -0.2) is 4.99 Å². The summed E-state index contributed by atoms with van der Waals surface area (Å²) in [7, 11) is 0. The lowest BCUT2D eigenvalue weighted by atomic mass is 10.2. The number of thioether (sulfide) groups is 1. The predicted molar refractivity (Wildman–Crippen MR) is 124 cm³/mol. The quantitative estimate of drug-likeness (QED) is 0.575. The van der Waals surface area contributed by atoms with E-state index in [2.05, 4.69) is 10.3 Å². The number of nitrogens with one attached hydrogen (secondary N) is 1. The second-order valence-electron chi connectivity index (χ2n) is 6.61. The van der Waals surface area contributed by atoms with Crippen molar-refractivity contribution >= 4 is 57.4 Å². The molecule has 0 unspecified atom stereocenters. The van der Waals surface area contributed by atoms with Crippen LogP contribution in [0.5, 0.6) is 0 Å². The van der Waals surface area contributed by atoms with Crippen LogP contribution in [0.3, 0.4) is 0 Å². The zero-order valence-corrected chi connectivity index (χ0v) is 17.4. The summed E-state index contributed by atoms with van der Waals surface area (Å²) in [4.78, 5) is 32.0. The van der Waals surface area contributed by atoms with E-state index >= 15 is 0 Å². The molecule has 3 aromatic rings. The molecule has 2 amide bonds. The second-order valence-corrected chi connectivity index (χ2v) is 8.21. The molecule has 0 aliphatic carbocycles. The van der Waals surface area contributed by atoms with Crippen molar-refractivity contribution in [1.82, 2.24) is 0 Å². The maximum Gasteiger partial charge on any atom is 0.247 e. The third-order valence-corrected chi connectivity index (χ3v) is 5.78. The van der Waals surface area contributed by atoms with Crippen molar-refractivity contribution in [2.45, 2.75) is 11.7 Å². The van der Waals surface area contributed by atoms with Crippen molar-refractivity contribution in [2.24, 2.45) is 4.99 Å². The van der Waals surface area contributed by atoms with Crippen LogP contribution >= 0.6 is 23.4 Å². The molecule has 0 radical (unpaired) electrons. The average Bonchev–Trinajstić information content (AvgIpc) is 3.04. The van der Waals surface area contributed by atoms with E-state index in [9.17, 15) is 9.59 Å². The molecule has 1 atom stereocenters. The maximum absolute atomic E-state index is 13.2. The fourth-order valence-electron chi connectivity index (χ4n) is 3.05. The summed E-state index contributed by atoms with van der Waals surface area (Å²) in [5.41, 5.74) is 2.07. The van der Waals surface area contributed by atoms with Gasteiger partial charge in [0.2, 0.25) is 11.8 Å². The molecular weight excluding hydrogens is 418 g/mol. The Morgan fingerprint density at radius 1 is 1.00 bits per heavy atom. The van der Waals surface area contributed by atoms with Gasteiger partial charge in [0.05, 0.1) is 11.4 Å². The smallest absolute Gasteiger partial charge is 0.247 e. The van der Waals surface area contributed by atoms with Gasteiger partial charge in [0.15, 0.2) is 5.17 Å². The van der Waals surface area contributed by atoms with Crippen molar-refractivity contribution in [1.29, 1.82) is 0 Å². The van der Waals surface area contributed by atoms with Crippen molar-refractivity contribution in [3.8, 4) is 0 Å². The van der Waals surface area contributed by atoms with E-state index in [1.165, 1.54) is 11.8 Å². The molecular formula is C23H18ClN3O2S. The Bertz CT molecular complexity index is 1090. The largest absolute Gasteiger partial charge is 0.326 e. The molecule has 7 heteroatoms.